The van der Waals surface area contributed by atoms with E-state index in [2.05, 4.69) is 53.5 Å². The Morgan fingerprint density at radius 1 is 1.27 bits per heavy atom. The van der Waals surface area contributed by atoms with Crippen LogP contribution >= 0.6 is 35.3 Å². The van der Waals surface area contributed by atoms with E-state index in [-0.39, 0.29) is 24.0 Å². The van der Waals surface area contributed by atoms with Crippen molar-refractivity contribution in [2.45, 2.75) is 39.7 Å². The zero-order valence-corrected chi connectivity index (χ0v) is 19.1. The maximum absolute atomic E-state index is 5.92. The lowest BCUT2D eigenvalue weighted by Gasteiger charge is -2.15. The van der Waals surface area contributed by atoms with Gasteiger partial charge in [0.15, 0.2) is 5.96 Å². The third kappa shape index (κ3) is 7.11. The average molecular weight is 488 g/mol. The fraction of sp³-hybridized carbons (Fsp3) is 0.474. The second kappa shape index (κ2) is 12.1. The lowest BCUT2D eigenvalue weighted by molar-refractivity contribution is 0.317. The van der Waals surface area contributed by atoms with Crippen LogP contribution in [-0.2, 0) is 13.0 Å². The van der Waals surface area contributed by atoms with Crippen molar-refractivity contribution in [1.82, 2.24) is 15.6 Å². The third-order valence-corrected chi connectivity index (χ3v) is 4.92. The monoisotopic (exact) mass is 488 g/mol. The van der Waals surface area contributed by atoms with Crippen LogP contribution in [0.4, 0.5) is 0 Å². The predicted molar refractivity (Wildman–Crippen MR) is 121 cm³/mol. The van der Waals surface area contributed by atoms with Gasteiger partial charge < -0.3 is 15.4 Å². The Balaban J connectivity index is 0.00000338. The number of nitrogens with one attached hydrogen (secondary N) is 2. The minimum Gasteiger partial charge on any atom is -0.491 e. The van der Waals surface area contributed by atoms with Crippen molar-refractivity contribution in [3.05, 3.63) is 45.9 Å². The van der Waals surface area contributed by atoms with Crippen LogP contribution in [-0.4, -0.2) is 31.1 Å². The summed E-state index contributed by atoms with van der Waals surface area (Å²) in [6.45, 7) is 8.44. The van der Waals surface area contributed by atoms with E-state index < -0.39 is 0 Å². The molecule has 0 aliphatic heterocycles. The second-order valence-electron chi connectivity index (χ2n) is 5.97. The molecule has 0 aliphatic rings. The molecule has 0 unspecified atom stereocenters. The number of thiazole rings is 1. The smallest absolute Gasteiger partial charge is 0.191 e. The Bertz CT molecular complexity index is 688. The summed E-state index contributed by atoms with van der Waals surface area (Å²) in [5.41, 5.74) is 1.24. The fourth-order valence-electron chi connectivity index (χ4n) is 2.39. The summed E-state index contributed by atoms with van der Waals surface area (Å²) in [6, 6.07) is 8.20. The number of ether oxygens (including phenoxy) is 1. The van der Waals surface area contributed by atoms with Gasteiger partial charge in [0.25, 0.3) is 0 Å². The minimum atomic E-state index is 0. The van der Waals surface area contributed by atoms with Crippen molar-refractivity contribution in [3.8, 4) is 5.75 Å². The summed E-state index contributed by atoms with van der Waals surface area (Å²) in [5, 5.41) is 7.62. The van der Waals surface area contributed by atoms with Crippen molar-refractivity contribution >= 4 is 41.3 Å². The molecule has 0 bridgehead atoms. The number of benzene rings is 1. The van der Waals surface area contributed by atoms with Gasteiger partial charge in [-0.2, -0.15) is 0 Å². The van der Waals surface area contributed by atoms with Crippen LogP contribution in [0.2, 0.25) is 0 Å². The number of aryl methyl sites for hydroxylation is 1. The van der Waals surface area contributed by atoms with Gasteiger partial charge in [0, 0.05) is 18.1 Å². The number of halogens is 1. The quantitative estimate of drug-likeness (QED) is 0.253. The Labute approximate surface area is 177 Å². The maximum Gasteiger partial charge on any atom is 0.191 e. The van der Waals surface area contributed by atoms with Crippen LogP contribution in [0.1, 0.15) is 42.1 Å². The molecule has 0 saturated heterocycles. The van der Waals surface area contributed by atoms with Crippen LogP contribution in [0.25, 0.3) is 0 Å². The van der Waals surface area contributed by atoms with Gasteiger partial charge in [-0.15, -0.1) is 35.3 Å². The van der Waals surface area contributed by atoms with Gasteiger partial charge in [-0.25, -0.2) is 4.98 Å². The molecular weight excluding hydrogens is 459 g/mol. The maximum atomic E-state index is 5.92. The lowest BCUT2D eigenvalue weighted by Crippen LogP contribution is -2.38. The van der Waals surface area contributed by atoms with Gasteiger partial charge in [-0.05, 0) is 24.0 Å². The Kier molecular flexibility index (Phi) is 10.6. The van der Waals surface area contributed by atoms with Gasteiger partial charge >= 0.3 is 0 Å². The van der Waals surface area contributed by atoms with Crippen molar-refractivity contribution in [2.75, 3.05) is 20.2 Å². The standard InChI is InChI=1S/C19H28N4OS.HI/c1-5-15-12-22-18(25-15)13-23-19(20-4)21-10-11-24-17-9-7-6-8-16(17)14(2)3;/h6-9,12,14H,5,10-11,13H2,1-4H3,(H2,20,21,23);1H. The number of hydrogen-bond donors (Lipinski definition) is 2. The molecule has 5 nitrogen and oxygen atoms in total. The van der Waals surface area contributed by atoms with Crippen LogP contribution < -0.4 is 15.4 Å². The Hall–Kier alpha value is -1.35. The van der Waals surface area contributed by atoms with Gasteiger partial charge in [-0.1, -0.05) is 39.0 Å². The van der Waals surface area contributed by atoms with E-state index in [1.54, 1.807) is 18.4 Å². The van der Waals surface area contributed by atoms with Gasteiger partial charge in [0.1, 0.15) is 17.4 Å². The molecule has 1 aromatic heterocycles. The SMILES string of the molecule is CCc1cnc(CNC(=NC)NCCOc2ccccc2C(C)C)s1.I. The van der Waals surface area contributed by atoms with Crippen molar-refractivity contribution < 1.29 is 4.74 Å². The predicted octanol–water partition coefficient (Wildman–Crippen LogP) is 4.19. The molecule has 144 valence electrons. The molecule has 0 spiro atoms. The van der Waals surface area contributed by atoms with E-state index in [4.69, 9.17) is 4.74 Å². The van der Waals surface area contributed by atoms with Crippen LogP contribution in [0.3, 0.4) is 0 Å². The van der Waals surface area contributed by atoms with Crippen LogP contribution in [0.15, 0.2) is 35.5 Å². The number of aromatic nitrogens is 1. The Morgan fingerprint density at radius 3 is 2.69 bits per heavy atom. The summed E-state index contributed by atoms with van der Waals surface area (Å²) in [5.74, 6) is 2.16. The Morgan fingerprint density at radius 2 is 2.04 bits per heavy atom. The molecule has 2 N–H and O–H groups in total. The number of hydrogen-bond acceptors (Lipinski definition) is 4. The molecular formula is C19H29IN4OS. The first-order valence-electron chi connectivity index (χ1n) is 8.73. The van der Waals surface area contributed by atoms with Crippen LogP contribution in [0.5, 0.6) is 5.75 Å². The summed E-state index contributed by atoms with van der Waals surface area (Å²) < 4.78 is 5.92. The van der Waals surface area contributed by atoms with E-state index in [9.17, 15) is 0 Å². The first-order valence-corrected chi connectivity index (χ1v) is 9.55. The number of para-hydroxylation sites is 1. The van der Waals surface area contributed by atoms with Gasteiger partial charge in [-0.3, -0.25) is 4.99 Å². The number of nitrogens with zero attached hydrogens (tertiary/aromatic N) is 2. The first kappa shape index (κ1) is 22.7. The number of rotatable bonds is 8. The molecule has 2 aromatic rings. The minimum absolute atomic E-state index is 0. The first-order chi connectivity index (χ1) is 12.1. The average Bonchev–Trinajstić information content (AvgIpc) is 3.09. The third-order valence-electron chi connectivity index (χ3n) is 3.77. The molecule has 1 aromatic carbocycles. The van der Waals surface area contributed by atoms with Crippen molar-refractivity contribution in [3.63, 3.8) is 0 Å². The zero-order chi connectivity index (χ0) is 18.1. The molecule has 0 radical (unpaired) electrons. The second-order valence-corrected chi connectivity index (χ2v) is 7.17. The molecule has 0 aliphatic carbocycles. The largest absolute Gasteiger partial charge is 0.491 e. The van der Waals surface area contributed by atoms with Crippen molar-refractivity contribution in [1.29, 1.82) is 0 Å². The number of aliphatic imine (C=N–C) groups is 1. The highest BCUT2D eigenvalue weighted by Gasteiger charge is 2.07. The highest BCUT2D eigenvalue weighted by Crippen LogP contribution is 2.25. The van der Waals surface area contributed by atoms with E-state index >= 15 is 0 Å². The van der Waals surface area contributed by atoms with Gasteiger partial charge in [0.2, 0.25) is 0 Å². The number of guanidine groups is 1. The molecule has 1 heterocycles. The van der Waals surface area contributed by atoms with Gasteiger partial charge in [0.05, 0.1) is 13.1 Å². The van der Waals surface area contributed by atoms with E-state index in [1.165, 1.54) is 10.4 Å². The molecule has 0 fully saturated rings. The molecule has 0 atom stereocenters. The molecule has 2 rings (SSSR count). The van der Waals surface area contributed by atoms with E-state index in [0.29, 0.717) is 25.6 Å². The lowest BCUT2D eigenvalue weighted by atomic mass is 10.0. The normalized spacial score (nSPS) is 11.2. The fourth-order valence-corrected chi connectivity index (χ4v) is 3.19. The highest BCUT2D eigenvalue weighted by molar-refractivity contribution is 14.0. The summed E-state index contributed by atoms with van der Waals surface area (Å²) in [6.07, 6.45) is 2.97. The zero-order valence-electron chi connectivity index (χ0n) is 15.9. The van der Waals surface area contributed by atoms with E-state index in [0.717, 1.165) is 23.1 Å². The molecule has 26 heavy (non-hydrogen) atoms. The van der Waals surface area contributed by atoms with Crippen LogP contribution in [0, 0.1) is 0 Å². The summed E-state index contributed by atoms with van der Waals surface area (Å²) in [4.78, 5) is 9.94. The summed E-state index contributed by atoms with van der Waals surface area (Å²) in [7, 11) is 1.77. The topological polar surface area (TPSA) is 58.5 Å². The molecule has 0 amide bonds. The molecule has 7 heteroatoms. The van der Waals surface area contributed by atoms with E-state index in [1.807, 2.05) is 18.3 Å². The van der Waals surface area contributed by atoms with Crippen molar-refractivity contribution in [2.24, 2.45) is 4.99 Å². The highest BCUT2D eigenvalue weighted by atomic mass is 127. The molecule has 0 saturated carbocycles. The summed E-state index contributed by atoms with van der Waals surface area (Å²) >= 11 is 1.73.